The van der Waals surface area contributed by atoms with E-state index in [1.54, 1.807) is 0 Å². The summed E-state index contributed by atoms with van der Waals surface area (Å²) in [7, 11) is 0. The van der Waals surface area contributed by atoms with Crippen LogP contribution < -0.4 is 5.32 Å². The summed E-state index contributed by atoms with van der Waals surface area (Å²) in [4.78, 5) is 12.6. The van der Waals surface area contributed by atoms with E-state index in [2.05, 4.69) is 48.1 Å². The van der Waals surface area contributed by atoms with Crippen molar-refractivity contribution < 1.29 is 4.79 Å². The molecule has 8 heteroatoms. The molecule has 1 aromatic heterocycles. The monoisotopic (exact) mass is 518 g/mol. The molecule has 2 aromatic carbocycles. The SMILES string of the molecule is Cc1c(Cl)cccc1NC(=O)CSc1nnc(-c2ccc(Br)cc2)n1C1CCCCC1. The Bertz CT molecular complexity index is 1060. The molecule has 0 saturated heterocycles. The zero-order valence-electron chi connectivity index (χ0n) is 17.3. The quantitative estimate of drug-likeness (QED) is 0.360. The lowest BCUT2D eigenvalue weighted by atomic mass is 9.95. The third kappa shape index (κ3) is 5.33. The summed E-state index contributed by atoms with van der Waals surface area (Å²) >= 11 is 11.1. The highest BCUT2D eigenvalue weighted by Crippen LogP contribution is 2.36. The van der Waals surface area contributed by atoms with Crippen molar-refractivity contribution in [2.24, 2.45) is 0 Å². The van der Waals surface area contributed by atoms with Gasteiger partial charge in [0.25, 0.3) is 0 Å². The van der Waals surface area contributed by atoms with Gasteiger partial charge in [-0.25, -0.2) is 0 Å². The minimum absolute atomic E-state index is 0.0845. The Morgan fingerprint density at radius 3 is 2.65 bits per heavy atom. The molecule has 1 aliphatic carbocycles. The lowest BCUT2D eigenvalue weighted by Crippen LogP contribution is -2.17. The van der Waals surface area contributed by atoms with E-state index in [9.17, 15) is 4.79 Å². The van der Waals surface area contributed by atoms with Crippen LogP contribution in [0.2, 0.25) is 5.02 Å². The smallest absolute Gasteiger partial charge is 0.234 e. The molecule has 0 atom stereocenters. The maximum atomic E-state index is 12.6. The van der Waals surface area contributed by atoms with Gasteiger partial charge in [-0.1, -0.05) is 76.8 Å². The van der Waals surface area contributed by atoms with Crippen molar-refractivity contribution in [3.8, 4) is 11.4 Å². The summed E-state index contributed by atoms with van der Waals surface area (Å²) in [6.45, 7) is 1.90. The fourth-order valence-electron chi connectivity index (χ4n) is 3.90. The van der Waals surface area contributed by atoms with Gasteiger partial charge in [0.05, 0.1) is 5.75 Å². The third-order valence-corrected chi connectivity index (χ3v) is 7.46. The van der Waals surface area contributed by atoms with Crippen LogP contribution in [0.3, 0.4) is 0 Å². The van der Waals surface area contributed by atoms with Crippen LogP contribution in [0.15, 0.2) is 52.1 Å². The van der Waals surface area contributed by atoms with Gasteiger partial charge >= 0.3 is 0 Å². The van der Waals surface area contributed by atoms with Crippen LogP contribution in [0.4, 0.5) is 5.69 Å². The van der Waals surface area contributed by atoms with Crippen LogP contribution in [-0.2, 0) is 4.79 Å². The minimum atomic E-state index is -0.0845. The van der Waals surface area contributed by atoms with Crippen LogP contribution in [0.25, 0.3) is 11.4 Å². The van der Waals surface area contributed by atoms with Crippen LogP contribution in [0.1, 0.15) is 43.7 Å². The van der Waals surface area contributed by atoms with E-state index in [4.69, 9.17) is 11.6 Å². The van der Waals surface area contributed by atoms with E-state index < -0.39 is 0 Å². The standard InChI is InChI=1S/C23H24BrClN4OS/c1-15-19(25)8-5-9-20(15)26-21(30)14-31-23-28-27-22(16-10-12-17(24)13-11-16)29(23)18-6-3-2-4-7-18/h5,8-13,18H,2-4,6-7,14H2,1H3,(H,26,30). The van der Waals surface area contributed by atoms with Gasteiger partial charge in [0.15, 0.2) is 11.0 Å². The minimum Gasteiger partial charge on any atom is -0.325 e. The number of hydrogen-bond acceptors (Lipinski definition) is 4. The van der Waals surface area contributed by atoms with Gasteiger partial charge in [-0.3, -0.25) is 9.36 Å². The fourth-order valence-corrected chi connectivity index (χ4v) is 5.14. The summed E-state index contributed by atoms with van der Waals surface area (Å²) < 4.78 is 3.27. The number of anilines is 1. The highest BCUT2D eigenvalue weighted by atomic mass is 79.9. The molecule has 1 amide bonds. The first-order valence-electron chi connectivity index (χ1n) is 10.4. The largest absolute Gasteiger partial charge is 0.325 e. The van der Waals surface area contributed by atoms with Gasteiger partial charge in [-0.2, -0.15) is 0 Å². The molecule has 1 fully saturated rings. The highest BCUT2D eigenvalue weighted by Gasteiger charge is 2.24. The van der Waals surface area contributed by atoms with E-state index in [0.29, 0.717) is 11.1 Å². The van der Waals surface area contributed by atoms with E-state index in [1.165, 1.54) is 31.0 Å². The summed E-state index contributed by atoms with van der Waals surface area (Å²) in [6.07, 6.45) is 5.92. The van der Waals surface area contributed by atoms with Gasteiger partial charge < -0.3 is 5.32 Å². The van der Waals surface area contributed by atoms with Crippen molar-refractivity contribution in [2.45, 2.75) is 50.2 Å². The second kappa shape index (κ2) is 10.2. The molecule has 31 heavy (non-hydrogen) atoms. The topological polar surface area (TPSA) is 59.8 Å². The molecule has 0 radical (unpaired) electrons. The maximum Gasteiger partial charge on any atom is 0.234 e. The molecule has 4 rings (SSSR count). The van der Waals surface area contributed by atoms with Gasteiger partial charge in [0.2, 0.25) is 5.91 Å². The molecule has 0 bridgehead atoms. The molecule has 1 heterocycles. The maximum absolute atomic E-state index is 12.6. The second-order valence-electron chi connectivity index (χ2n) is 7.72. The number of hydrogen-bond donors (Lipinski definition) is 1. The van der Waals surface area contributed by atoms with Crippen LogP contribution in [0.5, 0.6) is 0 Å². The molecule has 5 nitrogen and oxygen atoms in total. The van der Waals surface area contributed by atoms with Crippen molar-refractivity contribution in [3.63, 3.8) is 0 Å². The van der Waals surface area contributed by atoms with Crippen molar-refractivity contribution in [3.05, 3.63) is 57.5 Å². The van der Waals surface area contributed by atoms with Gasteiger partial charge in [0, 0.05) is 26.8 Å². The molecule has 3 aromatic rings. The summed E-state index contributed by atoms with van der Waals surface area (Å²) in [6, 6.07) is 14.0. The molecule has 1 N–H and O–H groups in total. The predicted octanol–water partition coefficient (Wildman–Crippen LogP) is 6.91. The number of carbonyl (C=O) groups excluding carboxylic acids is 1. The zero-order chi connectivity index (χ0) is 21.8. The van der Waals surface area contributed by atoms with Gasteiger partial charge in [-0.15, -0.1) is 10.2 Å². The Labute approximate surface area is 200 Å². The number of benzene rings is 2. The lowest BCUT2D eigenvalue weighted by molar-refractivity contribution is -0.113. The number of nitrogens with one attached hydrogen (secondary N) is 1. The molecule has 1 aliphatic rings. The van der Waals surface area contributed by atoms with Crippen LogP contribution >= 0.6 is 39.3 Å². The number of nitrogens with zero attached hydrogens (tertiary/aromatic N) is 3. The Hall–Kier alpha value is -1.83. The molecule has 0 aliphatic heterocycles. The van der Waals surface area contributed by atoms with Crippen LogP contribution in [-0.4, -0.2) is 26.4 Å². The highest BCUT2D eigenvalue weighted by molar-refractivity contribution is 9.10. The van der Waals surface area contributed by atoms with E-state index in [1.807, 2.05) is 37.3 Å². The van der Waals surface area contributed by atoms with E-state index in [-0.39, 0.29) is 11.7 Å². The molecule has 0 unspecified atom stereocenters. The Kier molecular flexibility index (Phi) is 7.35. The Morgan fingerprint density at radius 1 is 1.16 bits per heavy atom. The van der Waals surface area contributed by atoms with E-state index >= 15 is 0 Å². The third-order valence-electron chi connectivity index (χ3n) is 5.58. The van der Waals surface area contributed by atoms with Gasteiger partial charge in [0.1, 0.15) is 0 Å². The summed E-state index contributed by atoms with van der Waals surface area (Å²) in [5.41, 5.74) is 2.64. The first-order valence-corrected chi connectivity index (χ1v) is 12.6. The second-order valence-corrected chi connectivity index (χ2v) is 9.99. The summed E-state index contributed by atoms with van der Waals surface area (Å²) in [5, 5.41) is 13.4. The molecular formula is C23H24BrClN4OS. The first kappa shape index (κ1) is 22.4. The van der Waals surface area contributed by atoms with Crippen molar-refractivity contribution >= 4 is 50.9 Å². The Morgan fingerprint density at radius 2 is 1.90 bits per heavy atom. The number of carbonyl (C=O) groups is 1. The van der Waals surface area contributed by atoms with Crippen LogP contribution in [0, 0.1) is 6.92 Å². The predicted molar refractivity (Wildman–Crippen MR) is 131 cm³/mol. The average Bonchev–Trinajstić information content (AvgIpc) is 3.20. The molecule has 1 saturated carbocycles. The van der Waals surface area contributed by atoms with E-state index in [0.717, 1.165) is 45.1 Å². The number of rotatable bonds is 6. The lowest BCUT2D eigenvalue weighted by Gasteiger charge is -2.25. The molecule has 0 spiro atoms. The number of thioether (sulfide) groups is 1. The molecule has 162 valence electrons. The van der Waals surface area contributed by atoms with Crippen molar-refractivity contribution in [2.75, 3.05) is 11.1 Å². The molecular weight excluding hydrogens is 496 g/mol. The zero-order valence-corrected chi connectivity index (χ0v) is 20.4. The first-order chi connectivity index (χ1) is 15.0. The average molecular weight is 520 g/mol. The normalized spacial score (nSPS) is 14.5. The Balaban J connectivity index is 1.54. The van der Waals surface area contributed by atoms with Crippen molar-refractivity contribution in [1.82, 2.24) is 14.8 Å². The van der Waals surface area contributed by atoms with Gasteiger partial charge in [-0.05, 0) is 49.6 Å². The number of amides is 1. The number of halogens is 2. The number of aromatic nitrogens is 3. The van der Waals surface area contributed by atoms with Crippen molar-refractivity contribution in [1.29, 1.82) is 0 Å². The summed E-state index contributed by atoms with van der Waals surface area (Å²) in [5.74, 6) is 1.05. The fraction of sp³-hybridized carbons (Fsp3) is 0.348.